The van der Waals surface area contributed by atoms with Crippen molar-refractivity contribution >= 4 is 61.2 Å². The molecular weight excluding hydrogens is 469 g/mol. The maximum Gasteiger partial charge on any atom is 0.138 e. The normalized spacial score (nSPS) is 11.3. The van der Waals surface area contributed by atoms with E-state index in [1.807, 2.05) is 52.3 Å². The standard InChI is InChI=1S/C15H10BrClFIN2/c1-8-2-9(16)4-10(3-8)21-14-5-11(18)12(19)6-13(14)20-15(21)7-17/h2-6H,7H2,1H3. The first-order chi connectivity index (χ1) is 9.99. The van der Waals surface area contributed by atoms with Gasteiger partial charge in [0.15, 0.2) is 0 Å². The molecule has 0 N–H and O–H groups in total. The highest BCUT2D eigenvalue weighted by molar-refractivity contribution is 14.1. The third-order valence-electron chi connectivity index (χ3n) is 3.17. The average molecular weight is 480 g/mol. The summed E-state index contributed by atoms with van der Waals surface area (Å²) in [5, 5.41) is 0. The third-order valence-corrected chi connectivity index (χ3v) is 4.69. The second-order valence-corrected chi connectivity index (χ2v) is 7.08. The number of aryl methyl sites for hydroxylation is 1. The number of halogens is 4. The number of alkyl halides is 1. The smallest absolute Gasteiger partial charge is 0.138 e. The first-order valence-corrected chi connectivity index (χ1v) is 8.60. The van der Waals surface area contributed by atoms with Crippen LogP contribution in [0.3, 0.4) is 0 Å². The molecule has 6 heteroatoms. The summed E-state index contributed by atoms with van der Waals surface area (Å²) in [6, 6.07) is 9.27. The number of aromatic nitrogens is 2. The lowest BCUT2D eigenvalue weighted by molar-refractivity contribution is 0.622. The molecule has 3 aromatic rings. The molecule has 0 atom stereocenters. The molecule has 0 saturated heterocycles. The van der Waals surface area contributed by atoms with Crippen molar-refractivity contribution in [2.75, 3.05) is 0 Å². The number of imidazole rings is 1. The molecule has 0 unspecified atom stereocenters. The Balaban J connectivity index is 2.36. The molecule has 1 heterocycles. The van der Waals surface area contributed by atoms with Crippen LogP contribution < -0.4 is 0 Å². The Morgan fingerprint density at radius 2 is 2.05 bits per heavy atom. The molecule has 0 saturated carbocycles. The molecule has 3 rings (SSSR count). The first-order valence-electron chi connectivity index (χ1n) is 6.19. The minimum atomic E-state index is -0.253. The van der Waals surface area contributed by atoms with E-state index in [4.69, 9.17) is 11.6 Å². The summed E-state index contributed by atoms with van der Waals surface area (Å²) >= 11 is 11.5. The zero-order valence-electron chi connectivity index (χ0n) is 11.0. The zero-order valence-corrected chi connectivity index (χ0v) is 15.5. The van der Waals surface area contributed by atoms with Crippen molar-refractivity contribution in [3.8, 4) is 5.69 Å². The summed E-state index contributed by atoms with van der Waals surface area (Å²) in [4.78, 5) is 4.51. The van der Waals surface area contributed by atoms with Gasteiger partial charge in [0.25, 0.3) is 0 Å². The fourth-order valence-corrected chi connectivity index (χ4v) is 3.57. The summed E-state index contributed by atoms with van der Waals surface area (Å²) in [7, 11) is 0. The van der Waals surface area contributed by atoms with Crippen LogP contribution >= 0.6 is 50.1 Å². The molecule has 0 radical (unpaired) electrons. The number of rotatable bonds is 2. The molecule has 21 heavy (non-hydrogen) atoms. The molecule has 0 aliphatic carbocycles. The third kappa shape index (κ3) is 2.83. The molecule has 0 fully saturated rings. The van der Waals surface area contributed by atoms with E-state index in [0.29, 0.717) is 9.39 Å². The van der Waals surface area contributed by atoms with Gasteiger partial charge >= 0.3 is 0 Å². The highest BCUT2D eigenvalue weighted by Gasteiger charge is 2.15. The maximum atomic E-state index is 13.9. The summed E-state index contributed by atoms with van der Waals surface area (Å²) in [6.45, 7) is 2.01. The van der Waals surface area contributed by atoms with Crippen LogP contribution in [0.5, 0.6) is 0 Å². The fraction of sp³-hybridized carbons (Fsp3) is 0.133. The van der Waals surface area contributed by atoms with Gasteiger partial charge in [-0.3, -0.25) is 4.57 Å². The number of benzene rings is 2. The van der Waals surface area contributed by atoms with Gasteiger partial charge in [0.1, 0.15) is 11.6 Å². The Labute approximate surface area is 148 Å². The molecule has 1 aromatic heterocycles. The van der Waals surface area contributed by atoms with Gasteiger partial charge in [-0.1, -0.05) is 15.9 Å². The van der Waals surface area contributed by atoms with E-state index in [1.165, 1.54) is 6.07 Å². The van der Waals surface area contributed by atoms with E-state index in [1.54, 1.807) is 6.07 Å². The van der Waals surface area contributed by atoms with Gasteiger partial charge in [-0.25, -0.2) is 9.37 Å². The van der Waals surface area contributed by atoms with Gasteiger partial charge in [0.2, 0.25) is 0 Å². The van der Waals surface area contributed by atoms with Crippen molar-refractivity contribution in [3.05, 3.63) is 55.6 Å². The van der Waals surface area contributed by atoms with Crippen LogP contribution in [0.1, 0.15) is 11.4 Å². The zero-order chi connectivity index (χ0) is 15.1. The lowest BCUT2D eigenvalue weighted by Gasteiger charge is -2.10. The molecule has 0 aliphatic heterocycles. The minimum Gasteiger partial charge on any atom is -0.295 e. The molecule has 0 spiro atoms. The molecule has 0 amide bonds. The van der Waals surface area contributed by atoms with Crippen LogP contribution in [0.4, 0.5) is 4.39 Å². The maximum absolute atomic E-state index is 13.9. The van der Waals surface area contributed by atoms with E-state index in [9.17, 15) is 4.39 Å². The van der Waals surface area contributed by atoms with Gasteiger partial charge in [0, 0.05) is 16.2 Å². The average Bonchev–Trinajstić information content (AvgIpc) is 2.75. The SMILES string of the molecule is Cc1cc(Br)cc(-n2c(CCl)nc3cc(I)c(F)cc32)c1. The predicted molar refractivity (Wildman–Crippen MR) is 95.7 cm³/mol. The van der Waals surface area contributed by atoms with Crippen LogP contribution in [0, 0.1) is 16.3 Å². The highest BCUT2D eigenvalue weighted by atomic mass is 127. The largest absolute Gasteiger partial charge is 0.295 e. The predicted octanol–water partition coefficient (Wildman–Crippen LogP) is 5.58. The minimum absolute atomic E-state index is 0.253. The quantitative estimate of drug-likeness (QED) is 0.347. The van der Waals surface area contributed by atoms with E-state index in [2.05, 4.69) is 20.9 Å². The second-order valence-electron chi connectivity index (χ2n) is 4.74. The lowest BCUT2D eigenvalue weighted by atomic mass is 10.2. The van der Waals surface area contributed by atoms with Crippen LogP contribution in [-0.2, 0) is 5.88 Å². The van der Waals surface area contributed by atoms with Crippen LogP contribution in [0.2, 0.25) is 0 Å². The van der Waals surface area contributed by atoms with Gasteiger partial charge in [0.05, 0.1) is 20.5 Å². The highest BCUT2D eigenvalue weighted by Crippen LogP contribution is 2.28. The Morgan fingerprint density at radius 1 is 1.29 bits per heavy atom. The number of hydrogen-bond donors (Lipinski definition) is 0. The summed E-state index contributed by atoms with van der Waals surface area (Å²) in [6.07, 6.45) is 0. The Bertz CT molecular complexity index is 827. The van der Waals surface area contributed by atoms with Crippen LogP contribution in [0.15, 0.2) is 34.8 Å². The van der Waals surface area contributed by atoms with Crippen molar-refractivity contribution in [3.63, 3.8) is 0 Å². The molecule has 0 bridgehead atoms. The van der Waals surface area contributed by atoms with Crippen molar-refractivity contribution in [2.45, 2.75) is 12.8 Å². The van der Waals surface area contributed by atoms with Crippen molar-refractivity contribution in [1.82, 2.24) is 9.55 Å². The van der Waals surface area contributed by atoms with Gasteiger partial charge in [-0.05, 0) is 59.3 Å². The van der Waals surface area contributed by atoms with Gasteiger partial charge in [-0.2, -0.15) is 0 Å². The molecule has 2 aromatic carbocycles. The topological polar surface area (TPSA) is 17.8 Å². The van der Waals surface area contributed by atoms with Crippen LogP contribution in [0.25, 0.3) is 16.7 Å². The van der Waals surface area contributed by atoms with Crippen molar-refractivity contribution in [1.29, 1.82) is 0 Å². The lowest BCUT2D eigenvalue weighted by Crippen LogP contribution is -2.00. The van der Waals surface area contributed by atoms with Crippen LogP contribution in [-0.4, -0.2) is 9.55 Å². The second kappa shape index (κ2) is 5.85. The van der Waals surface area contributed by atoms with Crippen molar-refractivity contribution < 1.29 is 4.39 Å². The number of hydrogen-bond acceptors (Lipinski definition) is 1. The monoisotopic (exact) mass is 478 g/mol. The summed E-state index contributed by atoms with van der Waals surface area (Å²) < 4.78 is 17.3. The molecule has 0 aliphatic rings. The van der Waals surface area contributed by atoms with E-state index in [-0.39, 0.29) is 11.7 Å². The summed E-state index contributed by atoms with van der Waals surface area (Å²) in [5.74, 6) is 0.709. The van der Waals surface area contributed by atoms with Gasteiger partial charge < -0.3 is 0 Å². The van der Waals surface area contributed by atoms with Crippen molar-refractivity contribution in [2.24, 2.45) is 0 Å². The summed E-state index contributed by atoms with van der Waals surface area (Å²) in [5.41, 5.74) is 3.49. The number of fused-ring (bicyclic) bond motifs is 1. The molecule has 108 valence electrons. The van der Waals surface area contributed by atoms with E-state index < -0.39 is 0 Å². The fourth-order valence-electron chi connectivity index (χ4n) is 2.35. The first kappa shape index (κ1) is 15.2. The number of nitrogens with zero attached hydrogens (tertiary/aromatic N) is 2. The van der Waals surface area contributed by atoms with E-state index in [0.717, 1.165) is 26.8 Å². The van der Waals surface area contributed by atoms with Gasteiger partial charge in [-0.15, -0.1) is 11.6 Å². The Kier molecular flexibility index (Phi) is 4.25. The van der Waals surface area contributed by atoms with E-state index >= 15 is 0 Å². The Hall–Kier alpha value is -0.660. The molecular formula is C15H10BrClFIN2. The molecule has 2 nitrogen and oxygen atoms in total. The Morgan fingerprint density at radius 3 is 2.71 bits per heavy atom.